The first kappa shape index (κ1) is 15.0. The third-order valence-corrected chi connectivity index (χ3v) is 6.37. The van der Waals surface area contributed by atoms with Crippen molar-refractivity contribution in [1.29, 1.82) is 0 Å². The van der Waals surface area contributed by atoms with Gasteiger partial charge in [-0.15, -0.1) is 6.58 Å². The summed E-state index contributed by atoms with van der Waals surface area (Å²) in [7, 11) is 0. The summed E-state index contributed by atoms with van der Waals surface area (Å²) in [6.45, 7) is 4.51. The van der Waals surface area contributed by atoms with Gasteiger partial charge in [0.15, 0.2) is 0 Å². The van der Waals surface area contributed by atoms with Crippen LogP contribution in [0.4, 0.5) is 0 Å². The lowest BCUT2D eigenvalue weighted by Crippen LogP contribution is -2.22. The predicted octanol–water partition coefficient (Wildman–Crippen LogP) is 5.46. The van der Waals surface area contributed by atoms with Gasteiger partial charge < -0.3 is 9.47 Å². The molecule has 1 aromatic carbocycles. The molecule has 0 radical (unpaired) electrons. The molecule has 1 fully saturated rings. The van der Waals surface area contributed by atoms with E-state index in [-0.39, 0.29) is 12.2 Å². The van der Waals surface area contributed by atoms with E-state index in [9.17, 15) is 0 Å². The van der Waals surface area contributed by atoms with Crippen LogP contribution in [0, 0.1) is 0 Å². The van der Waals surface area contributed by atoms with Crippen molar-refractivity contribution in [1.82, 2.24) is 0 Å². The third kappa shape index (κ3) is 3.39. The molecule has 1 aliphatic heterocycles. The molecule has 0 N–H and O–H groups in total. The van der Waals surface area contributed by atoms with Crippen molar-refractivity contribution >= 4 is 63.7 Å². The Bertz CT molecular complexity index is 472. The fraction of sp³-hybridized carbons (Fsp3) is 0.333. The molecule has 2 atom stereocenters. The molecule has 0 spiro atoms. The number of benzene rings is 1. The molecular formula is C12H10Br4O2. The highest BCUT2D eigenvalue weighted by Gasteiger charge is 2.34. The lowest BCUT2D eigenvalue weighted by Gasteiger charge is -2.19. The number of hydrogen-bond acceptors (Lipinski definition) is 2. The van der Waals surface area contributed by atoms with Crippen LogP contribution >= 0.6 is 63.7 Å². The number of hydrogen-bond donors (Lipinski definition) is 0. The molecule has 2 nitrogen and oxygen atoms in total. The minimum absolute atomic E-state index is 0.00294. The summed E-state index contributed by atoms with van der Waals surface area (Å²) in [6, 6.07) is 1.95. The number of ether oxygens (including phenoxy) is 2. The van der Waals surface area contributed by atoms with Crippen LogP contribution in [0.1, 0.15) is 6.42 Å². The molecule has 1 aromatic rings. The summed E-state index contributed by atoms with van der Waals surface area (Å²) < 4.78 is 15.0. The van der Waals surface area contributed by atoms with E-state index in [0.717, 1.165) is 36.7 Å². The van der Waals surface area contributed by atoms with Gasteiger partial charge in [-0.1, -0.05) is 6.08 Å². The van der Waals surface area contributed by atoms with E-state index in [1.807, 2.05) is 12.1 Å². The Labute approximate surface area is 140 Å². The van der Waals surface area contributed by atoms with Gasteiger partial charge in [-0.2, -0.15) is 0 Å². The molecule has 0 saturated carbocycles. The molecule has 0 bridgehead atoms. The number of rotatable bonds is 5. The first-order valence-electron chi connectivity index (χ1n) is 5.26. The highest BCUT2D eigenvalue weighted by molar-refractivity contribution is 9.14. The Balaban J connectivity index is 2.27. The maximum absolute atomic E-state index is 6.04. The Kier molecular flexibility index (Phi) is 5.34. The standard InChI is InChI=1S/C12H10Br4O2/c1-2-3-8(9-5-17-9)18-12-7(14)4-6(13)10(15)11(12)16/h2,4,8-9H,1,3,5H2. The first-order valence-corrected chi connectivity index (χ1v) is 8.44. The summed E-state index contributed by atoms with van der Waals surface area (Å²) >= 11 is 14.0. The van der Waals surface area contributed by atoms with Gasteiger partial charge in [-0.05, 0) is 69.8 Å². The monoisotopic (exact) mass is 502 g/mol. The molecule has 2 unspecified atom stereocenters. The smallest absolute Gasteiger partial charge is 0.149 e. The average Bonchev–Trinajstić information content (AvgIpc) is 3.14. The van der Waals surface area contributed by atoms with Crippen LogP contribution in [-0.2, 0) is 4.74 Å². The van der Waals surface area contributed by atoms with Gasteiger partial charge in [0.1, 0.15) is 18.0 Å². The van der Waals surface area contributed by atoms with E-state index in [2.05, 4.69) is 70.3 Å². The molecular weight excluding hydrogens is 496 g/mol. The SMILES string of the molecule is C=CCC(Oc1c(Br)cc(Br)c(Br)c1Br)C1CO1. The fourth-order valence-corrected chi connectivity index (χ4v) is 4.12. The van der Waals surface area contributed by atoms with E-state index in [1.165, 1.54) is 0 Å². The molecule has 1 saturated heterocycles. The minimum atomic E-state index is 0.00294. The van der Waals surface area contributed by atoms with E-state index in [1.54, 1.807) is 0 Å². The van der Waals surface area contributed by atoms with Crippen LogP contribution in [0.3, 0.4) is 0 Å². The van der Waals surface area contributed by atoms with Crippen LogP contribution < -0.4 is 4.74 Å². The van der Waals surface area contributed by atoms with Crippen LogP contribution in [0.2, 0.25) is 0 Å². The van der Waals surface area contributed by atoms with Crippen molar-refractivity contribution in [2.24, 2.45) is 0 Å². The molecule has 98 valence electrons. The van der Waals surface area contributed by atoms with Crippen molar-refractivity contribution in [3.8, 4) is 5.75 Å². The van der Waals surface area contributed by atoms with Gasteiger partial charge in [-0.25, -0.2) is 0 Å². The summed E-state index contributed by atoms with van der Waals surface area (Å²) in [5.74, 6) is 0.771. The van der Waals surface area contributed by atoms with Gasteiger partial charge in [-0.3, -0.25) is 0 Å². The fourth-order valence-electron chi connectivity index (χ4n) is 1.52. The molecule has 18 heavy (non-hydrogen) atoms. The largest absolute Gasteiger partial charge is 0.485 e. The van der Waals surface area contributed by atoms with Crippen molar-refractivity contribution in [3.63, 3.8) is 0 Å². The number of epoxide rings is 1. The normalized spacial score (nSPS) is 19.4. The third-order valence-electron chi connectivity index (χ3n) is 2.51. The van der Waals surface area contributed by atoms with Crippen molar-refractivity contribution in [2.75, 3.05) is 6.61 Å². The minimum Gasteiger partial charge on any atom is -0.485 e. The zero-order chi connectivity index (χ0) is 13.3. The predicted molar refractivity (Wildman–Crippen MR) is 86.2 cm³/mol. The van der Waals surface area contributed by atoms with E-state index < -0.39 is 0 Å². The van der Waals surface area contributed by atoms with E-state index in [4.69, 9.17) is 9.47 Å². The zero-order valence-corrected chi connectivity index (χ0v) is 15.6. The average molecular weight is 506 g/mol. The lowest BCUT2D eigenvalue weighted by atomic mass is 10.2. The molecule has 1 heterocycles. The molecule has 2 rings (SSSR count). The van der Waals surface area contributed by atoms with Gasteiger partial charge in [0.05, 0.1) is 15.6 Å². The van der Waals surface area contributed by atoms with Gasteiger partial charge in [0.2, 0.25) is 0 Å². The first-order chi connectivity index (χ1) is 8.54. The summed E-state index contributed by atoms with van der Waals surface area (Å²) in [4.78, 5) is 0. The van der Waals surface area contributed by atoms with Gasteiger partial charge >= 0.3 is 0 Å². The second kappa shape index (κ2) is 6.39. The quantitative estimate of drug-likeness (QED) is 0.229. The van der Waals surface area contributed by atoms with Crippen molar-refractivity contribution in [2.45, 2.75) is 18.6 Å². The summed E-state index contributed by atoms with van der Waals surface area (Å²) in [5, 5.41) is 0. The van der Waals surface area contributed by atoms with Crippen LogP contribution in [0.15, 0.2) is 36.6 Å². The van der Waals surface area contributed by atoms with Crippen molar-refractivity contribution < 1.29 is 9.47 Å². The molecule has 1 aliphatic rings. The zero-order valence-electron chi connectivity index (χ0n) is 9.26. The van der Waals surface area contributed by atoms with Crippen LogP contribution in [-0.4, -0.2) is 18.8 Å². The maximum Gasteiger partial charge on any atom is 0.149 e. The molecule has 0 aliphatic carbocycles. The Morgan fingerprint density at radius 3 is 2.56 bits per heavy atom. The summed E-state index contributed by atoms with van der Waals surface area (Å²) in [6.07, 6.45) is 2.78. The molecule has 0 aromatic heterocycles. The van der Waals surface area contributed by atoms with Gasteiger partial charge in [0, 0.05) is 15.4 Å². The van der Waals surface area contributed by atoms with Crippen molar-refractivity contribution in [3.05, 3.63) is 36.6 Å². The summed E-state index contributed by atoms with van der Waals surface area (Å²) in [5.41, 5.74) is 0. The van der Waals surface area contributed by atoms with E-state index in [0.29, 0.717) is 0 Å². The second-order valence-corrected chi connectivity index (χ2v) is 7.14. The highest BCUT2D eigenvalue weighted by atomic mass is 79.9. The maximum atomic E-state index is 6.04. The Morgan fingerprint density at radius 2 is 2.00 bits per heavy atom. The van der Waals surface area contributed by atoms with Crippen LogP contribution in [0.25, 0.3) is 0 Å². The molecule has 6 heteroatoms. The molecule has 0 amide bonds. The topological polar surface area (TPSA) is 21.8 Å². The van der Waals surface area contributed by atoms with Crippen LogP contribution in [0.5, 0.6) is 5.75 Å². The Hall–Kier alpha value is 0.640. The Morgan fingerprint density at radius 1 is 1.33 bits per heavy atom. The lowest BCUT2D eigenvalue weighted by molar-refractivity contribution is 0.159. The second-order valence-electron chi connectivity index (χ2n) is 3.85. The highest BCUT2D eigenvalue weighted by Crippen LogP contribution is 2.44. The van der Waals surface area contributed by atoms with E-state index >= 15 is 0 Å². The van der Waals surface area contributed by atoms with Gasteiger partial charge in [0.25, 0.3) is 0 Å². The number of halogens is 4.